The van der Waals surface area contributed by atoms with Crippen molar-refractivity contribution in [3.8, 4) is 5.75 Å². The summed E-state index contributed by atoms with van der Waals surface area (Å²) in [5.74, 6) is 0.546. The van der Waals surface area contributed by atoms with Gasteiger partial charge in [0, 0.05) is 17.5 Å². The molecule has 0 radical (unpaired) electrons. The molecular formula is C15H18O4. The summed E-state index contributed by atoms with van der Waals surface area (Å²) in [4.78, 5) is 23.2. The van der Waals surface area contributed by atoms with Gasteiger partial charge < -0.3 is 9.47 Å². The van der Waals surface area contributed by atoms with Gasteiger partial charge >= 0.3 is 5.97 Å². The predicted molar refractivity (Wildman–Crippen MR) is 70.4 cm³/mol. The largest absolute Gasteiger partial charge is 0.492 e. The second-order valence-electron chi connectivity index (χ2n) is 5.37. The van der Waals surface area contributed by atoms with E-state index in [0.717, 1.165) is 11.1 Å². The van der Waals surface area contributed by atoms with Crippen molar-refractivity contribution in [2.75, 3.05) is 13.7 Å². The first kappa shape index (κ1) is 13.6. The summed E-state index contributed by atoms with van der Waals surface area (Å²) in [6, 6.07) is 5.47. The first-order chi connectivity index (χ1) is 8.95. The average Bonchev–Trinajstić information content (AvgIpc) is 2.78. The zero-order chi connectivity index (χ0) is 14.0. The van der Waals surface area contributed by atoms with E-state index in [1.807, 2.05) is 18.2 Å². The molecule has 0 aliphatic heterocycles. The smallest absolute Gasteiger partial charge is 0.314 e. The minimum absolute atomic E-state index is 0.160. The Labute approximate surface area is 112 Å². The number of esters is 1. The third-order valence-corrected chi connectivity index (χ3v) is 3.36. The number of hydrogen-bond acceptors (Lipinski definition) is 4. The van der Waals surface area contributed by atoms with Gasteiger partial charge in [-0.1, -0.05) is 12.1 Å². The molecule has 0 saturated carbocycles. The van der Waals surface area contributed by atoms with Gasteiger partial charge in [0.05, 0.1) is 12.5 Å². The Morgan fingerprint density at radius 3 is 2.74 bits per heavy atom. The van der Waals surface area contributed by atoms with E-state index < -0.39 is 5.41 Å². The Morgan fingerprint density at radius 2 is 2.05 bits per heavy atom. The highest BCUT2D eigenvalue weighted by atomic mass is 16.5. The van der Waals surface area contributed by atoms with E-state index in [-0.39, 0.29) is 18.4 Å². The van der Waals surface area contributed by atoms with E-state index >= 15 is 0 Å². The van der Waals surface area contributed by atoms with Crippen molar-refractivity contribution in [3.05, 3.63) is 29.3 Å². The molecule has 0 heterocycles. The fourth-order valence-corrected chi connectivity index (χ4v) is 2.19. The highest BCUT2D eigenvalue weighted by Crippen LogP contribution is 2.31. The second kappa shape index (κ2) is 5.03. The molecule has 19 heavy (non-hydrogen) atoms. The zero-order valence-corrected chi connectivity index (χ0v) is 11.5. The Bertz CT molecular complexity index is 517. The number of benzene rings is 1. The molecule has 102 valence electrons. The Hall–Kier alpha value is -1.84. The van der Waals surface area contributed by atoms with Gasteiger partial charge in [-0.25, -0.2) is 0 Å². The van der Waals surface area contributed by atoms with Gasteiger partial charge in [-0.15, -0.1) is 0 Å². The minimum atomic E-state index is -0.708. The van der Waals surface area contributed by atoms with Crippen LogP contribution in [0.5, 0.6) is 5.75 Å². The molecule has 0 saturated heterocycles. The summed E-state index contributed by atoms with van der Waals surface area (Å²) in [6.07, 6.45) is 1.25. The van der Waals surface area contributed by atoms with Crippen LogP contribution in [0.25, 0.3) is 0 Å². The monoisotopic (exact) mass is 262 g/mol. The van der Waals surface area contributed by atoms with E-state index in [9.17, 15) is 9.59 Å². The third kappa shape index (κ3) is 2.62. The molecule has 1 aliphatic rings. The first-order valence-corrected chi connectivity index (χ1v) is 6.32. The van der Waals surface area contributed by atoms with Crippen molar-refractivity contribution < 1.29 is 19.1 Å². The fraction of sp³-hybridized carbons (Fsp3) is 0.467. The maximum atomic E-state index is 11.6. The summed E-state index contributed by atoms with van der Waals surface area (Å²) in [5.41, 5.74) is 0.988. The molecule has 0 aromatic heterocycles. The number of ketones is 1. The average molecular weight is 262 g/mol. The quantitative estimate of drug-likeness (QED) is 0.782. The van der Waals surface area contributed by atoms with Gasteiger partial charge in [0.2, 0.25) is 0 Å². The molecule has 4 heteroatoms. The number of rotatable bonds is 4. The number of methoxy groups -OCH3 is 1. The maximum absolute atomic E-state index is 11.6. The van der Waals surface area contributed by atoms with Gasteiger partial charge in [0.25, 0.3) is 0 Å². The standard InChI is InChI=1S/C15H18O4/c1-15(2,14(17)18-3)9-19-13-6-4-5-10-11(13)7-8-12(10)16/h4-6H,7-9H2,1-3H3. The molecule has 0 amide bonds. The summed E-state index contributed by atoms with van der Waals surface area (Å²) in [7, 11) is 1.36. The topological polar surface area (TPSA) is 52.6 Å². The van der Waals surface area contributed by atoms with E-state index in [2.05, 4.69) is 0 Å². The van der Waals surface area contributed by atoms with Crippen LogP contribution in [0.1, 0.15) is 36.2 Å². The van der Waals surface area contributed by atoms with Gasteiger partial charge in [0.1, 0.15) is 12.4 Å². The highest BCUT2D eigenvalue weighted by Gasteiger charge is 2.31. The summed E-state index contributed by atoms with van der Waals surface area (Å²) in [5, 5.41) is 0. The van der Waals surface area contributed by atoms with Crippen LogP contribution in [0.3, 0.4) is 0 Å². The molecule has 2 rings (SSSR count). The van der Waals surface area contributed by atoms with Crippen LogP contribution >= 0.6 is 0 Å². The lowest BCUT2D eigenvalue weighted by Gasteiger charge is -2.22. The minimum Gasteiger partial charge on any atom is -0.492 e. The van der Waals surface area contributed by atoms with Crippen LogP contribution in [0, 0.1) is 5.41 Å². The number of carbonyl (C=O) groups excluding carboxylic acids is 2. The van der Waals surface area contributed by atoms with E-state index in [1.165, 1.54) is 7.11 Å². The highest BCUT2D eigenvalue weighted by molar-refractivity contribution is 6.01. The lowest BCUT2D eigenvalue weighted by atomic mass is 9.95. The SMILES string of the molecule is COC(=O)C(C)(C)COc1cccc2c1CCC2=O. The molecule has 0 atom stereocenters. The van der Waals surface area contributed by atoms with Crippen molar-refractivity contribution in [2.24, 2.45) is 5.41 Å². The molecule has 0 unspecified atom stereocenters. The summed E-state index contributed by atoms with van der Waals surface area (Å²) >= 11 is 0. The summed E-state index contributed by atoms with van der Waals surface area (Å²) < 4.78 is 10.5. The fourth-order valence-electron chi connectivity index (χ4n) is 2.19. The Kier molecular flexibility index (Phi) is 3.60. The van der Waals surface area contributed by atoms with Gasteiger partial charge in [-0.05, 0) is 26.3 Å². The van der Waals surface area contributed by atoms with Gasteiger partial charge in [-0.3, -0.25) is 9.59 Å². The van der Waals surface area contributed by atoms with Gasteiger partial charge in [-0.2, -0.15) is 0 Å². The first-order valence-electron chi connectivity index (χ1n) is 6.32. The van der Waals surface area contributed by atoms with Crippen molar-refractivity contribution >= 4 is 11.8 Å². The van der Waals surface area contributed by atoms with Crippen LogP contribution < -0.4 is 4.74 Å². The number of ether oxygens (including phenoxy) is 2. The molecule has 1 aromatic carbocycles. The lowest BCUT2D eigenvalue weighted by molar-refractivity contribution is -0.152. The summed E-state index contributed by atoms with van der Waals surface area (Å²) in [6.45, 7) is 3.77. The third-order valence-electron chi connectivity index (χ3n) is 3.36. The van der Waals surface area contributed by atoms with Crippen molar-refractivity contribution in [1.29, 1.82) is 0 Å². The molecule has 1 aliphatic carbocycles. The molecule has 1 aromatic rings. The second-order valence-corrected chi connectivity index (χ2v) is 5.37. The van der Waals surface area contributed by atoms with Crippen molar-refractivity contribution in [1.82, 2.24) is 0 Å². The van der Waals surface area contributed by atoms with Crippen LogP contribution in [0.15, 0.2) is 18.2 Å². The zero-order valence-electron chi connectivity index (χ0n) is 11.5. The number of Topliss-reactive ketones (excluding diaryl/α,β-unsaturated/α-hetero) is 1. The molecule has 0 spiro atoms. The van der Waals surface area contributed by atoms with Gasteiger partial charge in [0.15, 0.2) is 5.78 Å². The molecule has 0 bridgehead atoms. The van der Waals surface area contributed by atoms with E-state index in [1.54, 1.807) is 13.8 Å². The van der Waals surface area contributed by atoms with Crippen LogP contribution in [0.4, 0.5) is 0 Å². The molecular weight excluding hydrogens is 244 g/mol. The van der Waals surface area contributed by atoms with E-state index in [0.29, 0.717) is 18.6 Å². The van der Waals surface area contributed by atoms with Crippen LogP contribution in [-0.2, 0) is 16.0 Å². The molecule has 0 fully saturated rings. The van der Waals surface area contributed by atoms with Crippen LogP contribution in [0.2, 0.25) is 0 Å². The maximum Gasteiger partial charge on any atom is 0.314 e. The Balaban J connectivity index is 2.14. The number of carbonyl (C=O) groups is 2. The number of hydrogen-bond donors (Lipinski definition) is 0. The van der Waals surface area contributed by atoms with Crippen molar-refractivity contribution in [3.63, 3.8) is 0 Å². The Morgan fingerprint density at radius 1 is 1.32 bits per heavy atom. The van der Waals surface area contributed by atoms with Crippen molar-refractivity contribution in [2.45, 2.75) is 26.7 Å². The van der Waals surface area contributed by atoms with E-state index in [4.69, 9.17) is 9.47 Å². The molecule has 4 nitrogen and oxygen atoms in total. The normalized spacial score (nSPS) is 14.2. The lowest BCUT2D eigenvalue weighted by Crippen LogP contribution is -2.32. The predicted octanol–water partition coefficient (Wildman–Crippen LogP) is 2.39. The molecule has 0 N–H and O–H groups in total. The number of fused-ring (bicyclic) bond motifs is 1. The van der Waals surface area contributed by atoms with Crippen LogP contribution in [-0.4, -0.2) is 25.5 Å².